The van der Waals surface area contributed by atoms with Crippen molar-refractivity contribution in [2.24, 2.45) is 10.2 Å². The summed E-state index contributed by atoms with van der Waals surface area (Å²) in [6, 6.07) is 10.2. The van der Waals surface area contributed by atoms with E-state index in [0.717, 1.165) is 0 Å². The molecule has 2 rings (SSSR count). The van der Waals surface area contributed by atoms with Crippen LogP contribution in [0.25, 0.3) is 0 Å². The van der Waals surface area contributed by atoms with Gasteiger partial charge in [-0.05, 0) is 36.4 Å². The zero-order valence-electron chi connectivity index (χ0n) is 8.78. The van der Waals surface area contributed by atoms with Crippen molar-refractivity contribution in [3.8, 4) is 17.2 Å². The predicted molar refractivity (Wildman–Crippen MR) is 62.1 cm³/mol. The molecule has 0 unspecified atom stereocenters. The van der Waals surface area contributed by atoms with Crippen LogP contribution in [-0.4, -0.2) is 15.3 Å². The summed E-state index contributed by atoms with van der Waals surface area (Å²) in [6.07, 6.45) is 0. The van der Waals surface area contributed by atoms with Crippen molar-refractivity contribution >= 4 is 11.4 Å². The van der Waals surface area contributed by atoms with Crippen LogP contribution in [0, 0.1) is 0 Å². The fraction of sp³-hybridized carbons (Fsp3) is 0. The molecule has 0 amide bonds. The van der Waals surface area contributed by atoms with Crippen LogP contribution in [0.1, 0.15) is 0 Å². The molecule has 0 bridgehead atoms. The third kappa shape index (κ3) is 2.72. The van der Waals surface area contributed by atoms with Crippen LogP contribution < -0.4 is 0 Å². The van der Waals surface area contributed by atoms with Crippen LogP contribution in [0.4, 0.5) is 11.4 Å². The molecule has 2 aromatic rings. The molecule has 0 saturated carbocycles. The van der Waals surface area contributed by atoms with E-state index in [1.54, 1.807) is 12.1 Å². The second-order valence-electron chi connectivity index (χ2n) is 3.39. The normalized spacial score (nSPS) is 10.8. The van der Waals surface area contributed by atoms with Gasteiger partial charge in [-0.2, -0.15) is 5.11 Å². The molecule has 0 aromatic heterocycles. The Morgan fingerprint density at radius 3 is 2.00 bits per heavy atom. The Kier molecular flexibility index (Phi) is 2.91. The molecule has 0 spiro atoms. The lowest BCUT2D eigenvalue weighted by atomic mass is 10.3. The maximum atomic E-state index is 9.46. The first-order valence-corrected chi connectivity index (χ1v) is 4.88. The lowest BCUT2D eigenvalue weighted by molar-refractivity contribution is 0.451. The van der Waals surface area contributed by atoms with Crippen LogP contribution in [-0.2, 0) is 0 Å². The molecule has 0 aliphatic heterocycles. The van der Waals surface area contributed by atoms with E-state index >= 15 is 0 Å². The van der Waals surface area contributed by atoms with Gasteiger partial charge < -0.3 is 15.3 Å². The predicted octanol–water partition coefficient (Wildman–Crippen LogP) is 3.22. The molecule has 0 aliphatic rings. The molecule has 2 aromatic carbocycles. The highest BCUT2D eigenvalue weighted by Gasteiger charge is 2.00. The molecular weight excluding hydrogens is 220 g/mol. The fourth-order valence-corrected chi connectivity index (χ4v) is 1.23. The van der Waals surface area contributed by atoms with Crippen molar-refractivity contribution in [1.29, 1.82) is 0 Å². The number of phenols is 3. The Morgan fingerprint density at radius 2 is 1.35 bits per heavy atom. The highest BCUT2D eigenvalue weighted by atomic mass is 16.3. The molecule has 0 saturated heterocycles. The zero-order valence-corrected chi connectivity index (χ0v) is 8.78. The lowest BCUT2D eigenvalue weighted by Crippen LogP contribution is -1.69. The number of benzene rings is 2. The van der Waals surface area contributed by atoms with Crippen molar-refractivity contribution in [3.05, 3.63) is 42.5 Å². The molecule has 0 aliphatic carbocycles. The van der Waals surface area contributed by atoms with Crippen LogP contribution >= 0.6 is 0 Å². The monoisotopic (exact) mass is 230 g/mol. The first-order chi connectivity index (χ1) is 8.15. The quantitative estimate of drug-likeness (QED) is 0.692. The number of aromatic hydroxyl groups is 3. The first-order valence-electron chi connectivity index (χ1n) is 4.88. The molecule has 0 atom stereocenters. The van der Waals surface area contributed by atoms with Crippen molar-refractivity contribution in [2.45, 2.75) is 0 Å². The highest BCUT2D eigenvalue weighted by molar-refractivity contribution is 5.54. The third-order valence-corrected chi connectivity index (χ3v) is 2.08. The van der Waals surface area contributed by atoms with E-state index in [2.05, 4.69) is 10.2 Å². The van der Waals surface area contributed by atoms with E-state index in [-0.39, 0.29) is 22.9 Å². The molecule has 86 valence electrons. The minimum absolute atomic E-state index is 0.0360. The van der Waals surface area contributed by atoms with E-state index in [1.165, 1.54) is 30.3 Å². The molecule has 5 heteroatoms. The van der Waals surface area contributed by atoms with Crippen molar-refractivity contribution in [2.75, 3.05) is 0 Å². The van der Waals surface area contributed by atoms with Crippen molar-refractivity contribution in [3.63, 3.8) is 0 Å². The van der Waals surface area contributed by atoms with Gasteiger partial charge >= 0.3 is 0 Å². The van der Waals surface area contributed by atoms with E-state index in [4.69, 9.17) is 10.2 Å². The maximum Gasteiger partial charge on any atom is 0.146 e. The summed E-state index contributed by atoms with van der Waals surface area (Å²) in [7, 11) is 0. The molecule has 0 fully saturated rings. The van der Waals surface area contributed by atoms with E-state index in [9.17, 15) is 5.11 Å². The number of hydrogen-bond donors (Lipinski definition) is 3. The Morgan fingerprint density at radius 1 is 0.706 bits per heavy atom. The van der Waals surface area contributed by atoms with Gasteiger partial charge in [-0.25, -0.2) is 0 Å². The van der Waals surface area contributed by atoms with Gasteiger partial charge in [-0.3, -0.25) is 0 Å². The molecule has 0 radical (unpaired) electrons. The van der Waals surface area contributed by atoms with Crippen LogP contribution in [0.15, 0.2) is 52.7 Å². The van der Waals surface area contributed by atoms with Crippen LogP contribution in [0.2, 0.25) is 0 Å². The minimum Gasteiger partial charge on any atom is -0.508 e. The van der Waals surface area contributed by atoms with Crippen molar-refractivity contribution in [1.82, 2.24) is 0 Å². The first kappa shape index (κ1) is 10.9. The van der Waals surface area contributed by atoms with Crippen LogP contribution in [0.3, 0.4) is 0 Å². The van der Waals surface area contributed by atoms with Gasteiger partial charge in [0, 0.05) is 6.07 Å². The molecule has 5 nitrogen and oxygen atoms in total. The average molecular weight is 230 g/mol. The standard InChI is InChI=1S/C12H10N2O3/c15-9-3-1-8(2-4-9)13-14-11-6-5-10(16)7-12(11)17/h1-7,15-17H. The van der Waals surface area contributed by atoms with Crippen molar-refractivity contribution < 1.29 is 15.3 Å². The van der Waals surface area contributed by atoms with Gasteiger partial charge in [-0.1, -0.05) is 0 Å². The summed E-state index contributed by atoms with van der Waals surface area (Å²) in [5.41, 5.74) is 0.811. The topological polar surface area (TPSA) is 85.4 Å². The molecule has 17 heavy (non-hydrogen) atoms. The maximum absolute atomic E-state index is 9.46. The second kappa shape index (κ2) is 4.52. The number of nitrogens with zero attached hydrogens (tertiary/aromatic N) is 2. The second-order valence-corrected chi connectivity index (χ2v) is 3.39. The van der Waals surface area contributed by atoms with E-state index in [0.29, 0.717) is 5.69 Å². The third-order valence-electron chi connectivity index (χ3n) is 2.08. The average Bonchev–Trinajstić information content (AvgIpc) is 2.30. The summed E-state index contributed by atoms with van der Waals surface area (Å²) in [5, 5.41) is 35.3. The number of rotatable bonds is 2. The SMILES string of the molecule is Oc1ccc(N=Nc2ccc(O)cc2O)cc1. The Labute approximate surface area is 97.3 Å². The summed E-state index contributed by atoms with van der Waals surface area (Å²) in [4.78, 5) is 0. The van der Waals surface area contributed by atoms with E-state index in [1.807, 2.05) is 0 Å². The summed E-state index contributed by atoms with van der Waals surface area (Å²) in [5.74, 6) is -0.0324. The Bertz CT molecular complexity index is 550. The highest BCUT2D eigenvalue weighted by Crippen LogP contribution is 2.31. The molecular formula is C12H10N2O3. The smallest absolute Gasteiger partial charge is 0.146 e. The van der Waals surface area contributed by atoms with Gasteiger partial charge in [0.05, 0.1) is 5.69 Å². The van der Waals surface area contributed by atoms with Gasteiger partial charge in [0.2, 0.25) is 0 Å². The summed E-state index contributed by atoms with van der Waals surface area (Å²) < 4.78 is 0. The summed E-state index contributed by atoms with van der Waals surface area (Å²) >= 11 is 0. The molecule has 0 heterocycles. The number of phenolic OH excluding ortho intramolecular Hbond substituents is 3. The number of hydrogen-bond acceptors (Lipinski definition) is 5. The lowest BCUT2D eigenvalue weighted by Gasteiger charge is -1.98. The number of azo groups is 1. The van der Waals surface area contributed by atoms with E-state index < -0.39 is 0 Å². The Balaban J connectivity index is 2.23. The van der Waals surface area contributed by atoms with Gasteiger partial charge in [0.1, 0.15) is 22.9 Å². The Hall–Kier alpha value is -2.56. The fourth-order valence-electron chi connectivity index (χ4n) is 1.23. The summed E-state index contributed by atoms with van der Waals surface area (Å²) in [6.45, 7) is 0. The van der Waals surface area contributed by atoms with Gasteiger partial charge in [-0.15, -0.1) is 5.11 Å². The zero-order chi connectivity index (χ0) is 12.3. The minimum atomic E-state index is -0.146. The van der Waals surface area contributed by atoms with Gasteiger partial charge in [0.15, 0.2) is 0 Å². The van der Waals surface area contributed by atoms with Crippen LogP contribution in [0.5, 0.6) is 17.2 Å². The largest absolute Gasteiger partial charge is 0.508 e. The van der Waals surface area contributed by atoms with Gasteiger partial charge in [0.25, 0.3) is 0 Å². The molecule has 3 N–H and O–H groups in total.